The molecule has 0 N–H and O–H groups in total. The molecular weight excluding hydrogens is 236 g/mol. The van der Waals surface area contributed by atoms with E-state index in [2.05, 4.69) is 0 Å². The molecule has 1 heterocycles. The highest BCUT2D eigenvalue weighted by Crippen LogP contribution is 2.41. The van der Waals surface area contributed by atoms with Crippen molar-refractivity contribution in [2.45, 2.75) is 13.8 Å². The van der Waals surface area contributed by atoms with Crippen molar-refractivity contribution >= 4 is 11.9 Å². The molecule has 0 saturated carbocycles. The first-order valence-electron chi connectivity index (χ1n) is 6.32. The van der Waals surface area contributed by atoms with Crippen LogP contribution in [-0.4, -0.2) is 38.4 Å². The van der Waals surface area contributed by atoms with Gasteiger partial charge in [0.25, 0.3) is 0 Å². The predicted molar refractivity (Wildman–Crippen MR) is 62.6 cm³/mol. The van der Waals surface area contributed by atoms with Crippen molar-refractivity contribution < 1.29 is 23.8 Å². The summed E-state index contributed by atoms with van der Waals surface area (Å²) in [5.41, 5.74) is 0.567. The van der Waals surface area contributed by atoms with Gasteiger partial charge in [0, 0.05) is 17.4 Å². The molecule has 5 nitrogen and oxygen atoms in total. The lowest BCUT2D eigenvalue weighted by Gasteiger charge is -2.15. The fourth-order valence-electron chi connectivity index (χ4n) is 2.60. The van der Waals surface area contributed by atoms with E-state index < -0.39 is 0 Å². The zero-order valence-corrected chi connectivity index (χ0v) is 10.7. The van der Waals surface area contributed by atoms with E-state index in [0.29, 0.717) is 32.0 Å². The summed E-state index contributed by atoms with van der Waals surface area (Å²) >= 11 is 0. The summed E-state index contributed by atoms with van der Waals surface area (Å²) in [6.07, 6.45) is 1.70. The maximum Gasteiger partial charge on any atom is 0.334 e. The van der Waals surface area contributed by atoms with E-state index in [9.17, 15) is 9.59 Å². The van der Waals surface area contributed by atoms with Crippen molar-refractivity contribution in [1.29, 1.82) is 0 Å². The van der Waals surface area contributed by atoms with Gasteiger partial charge in [-0.1, -0.05) is 6.08 Å². The molecule has 0 aromatic rings. The molecule has 0 unspecified atom stereocenters. The normalized spacial score (nSPS) is 29.7. The summed E-state index contributed by atoms with van der Waals surface area (Å²) in [5.74, 6) is -1.01. The molecule has 1 fully saturated rings. The van der Waals surface area contributed by atoms with Gasteiger partial charge in [0.05, 0.1) is 32.3 Å². The van der Waals surface area contributed by atoms with E-state index in [1.165, 1.54) is 0 Å². The van der Waals surface area contributed by atoms with Crippen LogP contribution in [0.5, 0.6) is 0 Å². The maximum atomic E-state index is 11.8. The van der Waals surface area contributed by atoms with Gasteiger partial charge in [0.15, 0.2) is 0 Å². The SMILES string of the molecule is CCOC(=O)C1=C[C@@H](C(=O)OCC)[C@@H]2COC[C@H]12. The molecule has 18 heavy (non-hydrogen) atoms. The standard InChI is InChI=1S/C13H18O5/c1-3-17-12(14)8-5-9(13(15)18-4-2)11-7-16-6-10(8)11/h5,8,10-11H,3-4,6-7H2,1-2H3/t8-,10+,11-/m1/s1. The first-order chi connectivity index (χ1) is 8.69. The van der Waals surface area contributed by atoms with Gasteiger partial charge in [-0.15, -0.1) is 0 Å². The number of carbonyl (C=O) groups is 2. The molecule has 0 spiro atoms. The maximum absolute atomic E-state index is 11.8. The molecule has 1 saturated heterocycles. The Morgan fingerprint density at radius 3 is 2.67 bits per heavy atom. The number of ether oxygens (including phenoxy) is 3. The second kappa shape index (κ2) is 5.52. The summed E-state index contributed by atoms with van der Waals surface area (Å²) < 4.78 is 15.4. The lowest BCUT2D eigenvalue weighted by Crippen LogP contribution is -2.25. The Bertz CT molecular complexity index is 374. The Balaban J connectivity index is 2.16. The van der Waals surface area contributed by atoms with Crippen molar-refractivity contribution in [3.05, 3.63) is 11.6 Å². The zero-order chi connectivity index (χ0) is 13.1. The van der Waals surface area contributed by atoms with E-state index in [1.54, 1.807) is 19.9 Å². The minimum Gasteiger partial charge on any atom is -0.466 e. The summed E-state index contributed by atoms with van der Waals surface area (Å²) in [6.45, 7) is 5.18. The average molecular weight is 254 g/mol. The molecule has 0 radical (unpaired) electrons. The smallest absolute Gasteiger partial charge is 0.334 e. The van der Waals surface area contributed by atoms with Crippen LogP contribution >= 0.6 is 0 Å². The fourth-order valence-corrected chi connectivity index (χ4v) is 2.60. The second-order valence-electron chi connectivity index (χ2n) is 4.43. The van der Waals surface area contributed by atoms with Crippen molar-refractivity contribution in [3.63, 3.8) is 0 Å². The first-order valence-corrected chi connectivity index (χ1v) is 6.32. The lowest BCUT2D eigenvalue weighted by atomic mass is 9.89. The molecule has 0 bridgehead atoms. The highest BCUT2D eigenvalue weighted by molar-refractivity contribution is 5.92. The largest absolute Gasteiger partial charge is 0.466 e. The predicted octanol–water partition coefficient (Wildman–Crippen LogP) is 0.931. The van der Waals surface area contributed by atoms with E-state index in [4.69, 9.17) is 14.2 Å². The second-order valence-corrected chi connectivity index (χ2v) is 4.43. The van der Waals surface area contributed by atoms with Crippen LogP contribution in [0.2, 0.25) is 0 Å². The van der Waals surface area contributed by atoms with Crippen molar-refractivity contribution in [3.8, 4) is 0 Å². The van der Waals surface area contributed by atoms with Crippen LogP contribution in [0.4, 0.5) is 0 Å². The molecule has 1 aliphatic heterocycles. The number of hydrogen-bond acceptors (Lipinski definition) is 5. The van der Waals surface area contributed by atoms with Crippen molar-refractivity contribution in [2.24, 2.45) is 17.8 Å². The number of fused-ring (bicyclic) bond motifs is 1. The van der Waals surface area contributed by atoms with Gasteiger partial charge in [-0.25, -0.2) is 4.79 Å². The molecule has 0 aromatic heterocycles. The minimum atomic E-state index is -0.378. The third kappa shape index (κ3) is 2.27. The van der Waals surface area contributed by atoms with Crippen LogP contribution < -0.4 is 0 Å². The van der Waals surface area contributed by atoms with Crippen LogP contribution in [0.3, 0.4) is 0 Å². The van der Waals surface area contributed by atoms with Crippen LogP contribution in [0, 0.1) is 17.8 Å². The zero-order valence-electron chi connectivity index (χ0n) is 10.7. The van der Waals surface area contributed by atoms with Crippen LogP contribution in [0.15, 0.2) is 11.6 Å². The number of carbonyl (C=O) groups excluding carboxylic acids is 2. The first kappa shape index (κ1) is 13.1. The quantitative estimate of drug-likeness (QED) is 0.698. The van der Waals surface area contributed by atoms with Gasteiger partial charge < -0.3 is 14.2 Å². The van der Waals surface area contributed by atoms with E-state index >= 15 is 0 Å². The topological polar surface area (TPSA) is 61.8 Å². The Kier molecular flexibility index (Phi) is 4.01. The number of esters is 2. The molecule has 5 heteroatoms. The summed E-state index contributed by atoms with van der Waals surface area (Å²) in [7, 11) is 0. The van der Waals surface area contributed by atoms with Crippen molar-refractivity contribution in [2.75, 3.05) is 26.4 Å². The summed E-state index contributed by atoms with van der Waals surface area (Å²) in [5, 5.41) is 0. The number of rotatable bonds is 4. The third-order valence-corrected chi connectivity index (χ3v) is 3.41. The van der Waals surface area contributed by atoms with E-state index in [0.717, 1.165) is 0 Å². The van der Waals surface area contributed by atoms with Gasteiger partial charge in [-0.05, 0) is 13.8 Å². The summed E-state index contributed by atoms with van der Waals surface area (Å²) in [4.78, 5) is 23.7. The van der Waals surface area contributed by atoms with Gasteiger partial charge >= 0.3 is 11.9 Å². The number of hydrogen-bond donors (Lipinski definition) is 0. The highest BCUT2D eigenvalue weighted by Gasteiger charge is 2.47. The molecule has 0 aromatic carbocycles. The summed E-state index contributed by atoms with van der Waals surface area (Å²) in [6, 6.07) is 0. The van der Waals surface area contributed by atoms with Crippen LogP contribution in [0.1, 0.15) is 13.8 Å². The van der Waals surface area contributed by atoms with Crippen molar-refractivity contribution in [1.82, 2.24) is 0 Å². The molecule has 0 amide bonds. The Hall–Kier alpha value is -1.36. The Morgan fingerprint density at radius 1 is 1.28 bits per heavy atom. The lowest BCUT2D eigenvalue weighted by molar-refractivity contribution is -0.148. The Labute approximate surface area is 106 Å². The van der Waals surface area contributed by atoms with Gasteiger partial charge in [-0.3, -0.25) is 4.79 Å². The highest BCUT2D eigenvalue weighted by atomic mass is 16.5. The van der Waals surface area contributed by atoms with Crippen LogP contribution in [-0.2, 0) is 23.8 Å². The molecule has 1 aliphatic carbocycles. The minimum absolute atomic E-state index is 0.0171. The van der Waals surface area contributed by atoms with Crippen LogP contribution in [0.25, 0.3) is 0 Å². The van der Waals surface area contributed by atoms with E-state index in [-0.39, 0.29) is 29.7 Å². The molecule has 2 rings (SSSR count). The fraction of sp³-hybridized carbons (Fsp3) is 0.692. The van der Waals surface area contributed by atoms with Gasteiger partial charge in [0.2, 0.25) is 0 Å². The molecule has 100 valence electrons. The monoisotopic (exact) mass is 254 g/mol. The Morgan fingerprint density at radius 2 is 2.00 bits per heavy atom. The molecule has 3 atom stereocenters. The molecule has 2 aliphatic rings. The third-order valence-electron chi connectivity index (χ3n) is 3.41. The van der Waals surface area contributed by atoms with E-state index in [1.807, 2.05) is 0 Å². The van der Waals surface area contributed by atoms with Gasteiger partial charge in [-0.2, -0.15) is 0 Å². The average Bonchev–Trinajstić information content (AvgIpc) is 2.89. The van der Waals surface area contributed by atoms with Gasteiger partial charge in [0.1, 0.15) is 0 Å². The molecular formula is C13H18O5.